The lowest BCUT2D eigenvalue weighted by molar-refractivity contribution is 1.56. The monoisotopic (exact) mass is 69.0 g/mol. The highest BCUT2D eigenvalue weighted by Gasteiger charge is 1.58. The van der Waals surface area contributed by atoms with Crippen LogP contribution >= 0.6 is 0 Å². The summed E-state index contributed by atoms with van der Waals surface area (Å²) in [5.41, 5.74) is 0. The van der Waals surface area contributed by atoms with Crippen molar-refractivity contribution in [1.29, 1.82) is 5.26 Å². The van der Waals surface area contributed by atoms with E-state index in [1.807, 2.05) is 5.97 Å². The summed E-state index contributed by atoms with van der Waals surface area (Å²) in [6, 6.07) is 0. The molecule has 0 fully saturated rings. The molecule has 0 amide bonds. The van der Waals surface area contributed by atoms with Gasteiger partial charge in [0.1, 0.15) is 0 Å². The highest BCUT2D eigenvalue weighted by Crippen LogP contribution is 1.25. The van der Waals surface area contributed by atoms with Gasteiger partial charge in [-0.25, -0.2) is 5.26 Å². The topological polar surface area (TPSA) is 23.8 Å². The highest BCUT2D eigenvalue weighted by molar-refractivity contribution is 6.94. The first-order valence-corrected chi connectivity index (χ1v) is 2.70. The molecule has 0 radical (unpaired) electrons. The van der Waals surface area contributed by atoms with E-state index in [1.54, 1.807) is 0 Å². The van der Waals surface area contributed by atoms with E-state index in [9.17, 15) is 0 Å². The van der Waals surface area contributed by atoms with Gasteiger partial charge in [0.2, 0.25) is 6.87 Å². The third-order valence-corrected chi connectivity index (χ3v) is 0.474. The Morgan fingerprint density at radius 1 is 2.00 bits per heavy atom. The average molecular weight is 68.9 g/mol. The molecule has 0 aromatic rings. The molecule has 0 saturated heterocycles. The minimum atomic E-state index is 0.764. The minimum Gasteiger partial charge on any atom is -0.213 e. The van der Waals surface area contributed by atoms with Crippen molar-refractivity contribution in [2.75, 3.05) is 0 Å². The lowest BCUT2D eigenvalue weighted by Crippen LogP contribution is -1.75. The van der Waals surface area contributed by atoms with Crippen molar-refractivity contribution in [2.45, 2.75) is 0 Å². The molecule has 0 bridgehead atoms. The van der Waals surface area contributed by atoms with Crippen LogP contribution in [0, 0.1) is 11.2 Å². The number of hydrogen-bond donors (Lipinski definition) is 0. The molecular weight excluding hydrogens is 64.9 g/mol. The predicted molar refractivity (Wildman–Crippen MR) is 22.7 cm³/mol. The van der Waals surface area contributed by atoms with Crippen molar-refractivity contribution in [3.05, 3.63) is 0 Å². The molecule has 0 aliphatic carbocycles. The lowest BCUT2D eigenvalue weighted by Gasteiger charge is -1.39. The first-order valence-electron chi connectivity index (χ1n) is 1.28. The largest absolute Gasteiger partial charge is 0.230 e. The summed E-state index contributed by atoms with van der Waals surface area (Å²) in [7, 11) is 1.03. The molecule has 4 heavy (non-hydrogen) atoms. The SMILES string of the molecule is N#CB[SiH3]. The third-order valence-electron chi connectivity index (χ3n) is 0.158. The Morgan fingerprint density at radius 2 is 2.25 bits per heavy atom. The molecule has 0 aromatic carbocycles. The highest BCUT2D eigenvalue weighted by atomic mass is 28.1. The second-order valence-corrected chi connectivity index (χ2v) is 1.22. The minimum absolute atomic E-state index is 0.764. The van der Waals surface area contributed by atoms with Crippen LogP contribution in [0.2, 0.25) is 0 Å². The number of hydrogen-bond acceptors (Lipinski definition) is 1. The molecule has 0 aromatic heterocycles. The van der Waals surface area contributed by atoms with Crippen molar-refractivity contribution in [3.63, 3.8) is 0 Å². The zero-order valence-corrected chi connectivity index (χ0v) is 4.65. The van der Waals surface area contributed by atoms with Crippen molar-refractivity contribution in [1.82, 2.24) is 0 Å². The lowest BCUT2D eigenvalue weighted by atomic mass is 10.2. The van der Waals surface area contributed by atoms with Crippen LogP contribution in [0.3, 0.4) is 0 Å². The molecule has 0 atom stereocenters. The standard InChI is InChI=1S/CH4BNSi/c3-1-2-4/h2H,4H3. The Labute approximate surface area is 29.2 Å². The molecule has 0 rings (SSSR count). The van der Waals surface area contributed by atoms with Crippen molar-refractivity contribution < 1.29 is 0 Å². The van der Waals surface area contributed by atoms with E-state index in [1.165, 1.54) is 0 Å². The Balaban J connectivity index is 2.43. The molecule has 0 aliphatic rings. The second-order valence-electron chi connectivity index (χ2n) is 0.512. The van der Waals surface area contributed by atoms with Gasteiger partial charge in [-0.15, -0.1) is 0 Å². The zero-order chi connectivity index (χ0) is 3.41. The first-order chi connectivity index (χ1) is 1.91. The first kappa shape index (κ1) is 3.77. The van der Waals surface area contributed by atoms with E-state index >= 15 is 0 Å². The molecule has 0 spiro atoms. The van der Waals surface area contributed by atoms with Crippen molar-refractivity contribution in [2.24, 2.45) is 0 Å². The van der Waals surface area contributed by atoms with E-state index in [0.29, 0.717) is 0 Å². The maximum Gasteiger partial charge on any atom is 0.230 e. The Hall–Kier alpha value is -0.228. The van der Waals surface area contributed by atoms with Crippen molar-refractivity contribution in [3.8, 4) is 5.97 Å². The summed E-state index contributed by atoms with van der Waals surface area (Å²) in [5.74, 6) is 1.99. The van der Waals surface area contributed by atoms with Crippen LogP contribution in [-0.2, 0) is 0 Å². The van der Waals surface area contributed by atoms with Crippen LogP contribution in [-0.4, -0.2) is 17.0 Å². The fraction of sp³-hybridized carbons (Fsp3) is 0. The number of nitriles is 1. The summed E-state index contributed by atoms with van der Waals surface area (Å²) in [6.07, 6.45) is 0. The third kappa shape index (κ3) is 1.77. The van der Waals surface area contributed by atoms with Gasteiger partial charge >= 0.3 is 0 Å². The van der Waals surface area contributed by atoms with Gasteiger partial charge in [0, 0.05) is 0 Å². The Kier molecular flexibility index (Phi) is 2.61. The fourth-order valence-corrected chi connectivity index (χ4v) is 0. The van der Waals surface area contributed by atoms with Gasteiger partial charge in [-0.05, 0) is 16.1 Å². The van der Waals surface area contributed by atoms with Gasteiger partial charge in [-0.2, -0.15) is 0 Å². The molecular formula is CH4BNSi. The van der Waals surface area contributed by atoms with Crippen LogP contribution in [0.15, 0.2) is 0 Å². The maximum absolute atomic E-state index is 7.66. The van der Waals surface area contributed by atoms with E-state index in [-0.39, 0.29) is 0 Å². The normalized spacial score (nSPS) is 4.75. The molecule has 0 aliphatic heterocycles. The van der Waals surface area contributed by atoms with Gasteiger partial charge in [0.05, 0.1) is 0 Å². The fourth-order valence-electron chi connectivity index (χ4n) is 0. The smallest absolute Gasteiger partial charge is 0.213 e. The Bertz CT molecular complexity index is 37.8. The van der Waals surface area contributed by atoms with E-state index in [0.717, 1.165) is 17.0 Å². The van der Waals surface area contributed by atoms with Gasteiger partial charge in [-0.3, -0.25) is 0 Å². The maximum atomic E-state index is 7.66. The molecule has 0 saturated carbocycles. The average Bonchev–Trinajstić information content (AvgIpc) is 1.37. The van der Waals surface area contributed by atoms with Crippen LogP contribution in [0.1, 0.15) is 0 Å². The summed E-state index contributed by atoms with van der Waals surface area (Å²) >= 11 is 0. The zero-order valence-electron chi connectivity index (χ0n) is 2.65. The molecule has 0 unspecified atom stereocenters. The van der Waals surface area contributed by atoms with Crippen LogP contribution in [0.4, 0.5) is 0 Å². The van der Waals surface area contributed by atoms with Gasteiger partial charge in [0.15, 0.2) is 0 Å². The molecule has 1 nitrogen and oxygen atoms in total. The number of nitrogens with zero attached hydrogens (tertiary/aromatic N) is 1. The second kappa shape index (κ2) is 2.77. The van der Waals surface area contributed by atoms with E-state index in [2.05, 4.69) is 0 Å². The molecule has 0 N–H and O–H groups in total. The van der Waals surface area contributed by atoms with Crippen LogP contribution in [0.5, 0.6) is 0 Å². The quantitative estimate of drug-likeness (QED) is 0.307. The molecule has 0 heterocycles. The molecule has 20 valence electrons. The van der Waals surface area contributed by atoms with Gasteiger partial charge < -0.3 is 0 Å². The summed E-state index contributed by atoms with van der Waals surface area (Å²) in [5, 5.41) is 7.66. The van der Waals surface area contributed by atoms with E-state index in [4.69, 9.17) is 5.26 Å². The number of rotatable bonds is 0. The summed E-state index contributed by atoms with van der Waals surface area (Å²) in [4.78, 5) is 0. The van der Waals surface area contributed by atoms with Crippen molar-refractivity contribution >= 4 is 17.0 Å². The molecule has 3 heteroatoms. The van der Waals surface area contributed by atoms with E-state index < -0.39 is 0 Å². The van der Waals surface area contributed by atoms with Gasteiger partial charge in [0.25, 0.3) is 0 Å². The van der Waals surface area contributed by atoms with Crippen LogP contribution < -0.4 is 0 Å². The Morgan fingerprint density at radius 3 is 2.25 bits per heavy atom. The summed E-state index contributed by atoms with van der Waals surface area (Å²) in [6.45, 7) is 0.764. The van der Waals surface area contributed by atoms with Crippen LogP contribution in [0.25, 0.3) is 0 Å². The summed E-state index contributed by atoms with van der Waals surface area (Å²) < 4.78 is 0. The predicted octanol–water partition coefficient (Wildman–Crippen LogP) is -1.82. The van der Waals surface area contributed by atoms with Gasteiger partial charge in [-0.1, -0.05) is 0 Å².